The highest BCUT2D eigenvalue weighted by atomic mass is 15.5. The third-order valence-corrected chi connectivity index (χ3v) is 1.95. The third kappa shape index (κ3) is 2.36. The van der Waals surface area contributed by atoms with Crippen LogP contribution in [-0.2, 0) is 0 Å². The Morgan fingerprint density at radius 1 is 1.45 bits per heavy atom. The average Bonchev–Trinajstić information content (AvgIpc) is 2.07. The van der Waals surface area contributed by atoms with Gasteiger partial charge in [-0.1, -0.05) is 0 Å². The highest BCUT2D eigenvalue weighted by Gasteiger charge is 2.16. The summed E-state index contributed by atoms with van der Waals surface area (Å²) in [5.74, 6) is 6.02. The molecule has 0 amide bonds. The summed E-state index contributed by atoms with van der Waals surface area (Å²) in [6.07, 6.45) is 2.11. The molecule has 0 radical (unpaired) electrons. The normalized spacial score (nSPS) is 21.7. The zero-order valence-corrected chi connectivity index (χ0v) is 6.51. The molecule has 1 aliphatic heterocycles. The van der Waals surface area contributed by atoms with Gasteiger partial charge < -0.3 is 11.1 Å². The number of hydrogen-bond acceptors (Lipinski definition) is 4. The summed E-state index contributed by atoms with van der Waals surface area (Å²) in [7, 11) is 0. The second-order valence-electron chi connectivity index (χ2n) is 2.69. The number of hydrazine groups is 1. The molecule has 0 aromatic carbocycles. The van der Waals surface area contributed by atoms with Crippen LogP contribution < -0.4 is 22.4 Å². The molecule has 1 fully saturated rings. The summed E-state index contributed by atoms with van der Waals surface area (Å²) >= 11 is 0. The van der Waals surface area contributed by atoms with Crippen molar-refractivity contribution in [3.8, 4) is 0 Å². The topological polar surface area (TPSA) is 88.5 Å². The molecule has 0 saturated carbocycles. The third-order valence-electron chi connectivity index (χ3n) is 1.95. The van der Waals surface area contributed by atoms with E-state index < -0.39 is 0 Å². The van der Waals surface area contributed by atoms with E-state index in [-0.39, 0.29) is 0 Å². The molecule has 0 bridgehead atoms. The van der Waals surface area contributed by atoms with Crippen molar-refractivity contribution in [2.24, 2.45) is 22.6 Å². The standard InChI is InChI=1S/C6H15N5/c7-6(10-11-8)5-1-3-9-4-2-5/h5,9,11H,1-4,8H2,(H2,7,10). The second-order valence-corrected chi connectivity index (χ2v) is 2.69. The SMILES string of the molecule is NN/N=C(\N)C1CCNCC1. The van der Waals surface area contributed by atoms with Crippen molar-refractivity contribution >= 4 is 5.84 Å². The minimum absolute atomic E-state index is 0.396. The minimum Gasteiger partial charge on any atom is -0.385 e. The number of amidine groups is 1. The lowest BCUT2D eigenvalue weighted by Gasteiger charge is -2.21. The molecule has 5 heteroatoms. The van der Waals surface area contributed by atoms with Crippen molar-refractivity contribution in [2.75, 3.05) is 13.1 Å². The molecule has 0 aromatic heterocycles. The number of hydrogen-bond donors (Lipinski definition) is 4. The molecular formula is C6H15N5. The molecule has 11 heavy (non-hydrogen) atoms. The van der Waals surface area contributed by atoms with Gasteiger partial charge in [-0.2, -0.15) is 5.10 Å². The zero-order valence-electron chi connectivity index (χ0n) is 6.51. The lowest BCUT2D eigenvalue weighted by atomic mass is 9.97. The van der Waals surface area contributed by atoms with Gasteiger partial charge in [0.2, 0.25) is 0 Å². The first kappa shape index (κ1) is 8.29. The first-order chi connectivity index (χ1) is 5.34. The molecule has 0 aliphatic carbocycles. The number of hydrazone groups is 1. The molecule has 1 heterocycles. The van der Waals surface area contributed by atoms with Crippen molar-refractivity contribution < 1.29 is 0 Å². The lowest BCUT2D eigenvalue weighted by Crippen LogP contribution is -2.36. The Kier molecular flexibility index (Phi) is 3.13. The maximum atomic E-state index is 5.64. The highest BCUT2D eigenvalue weighted by molar-refractivity contribution is 5.82. The van der Waals surface area contributed by atoms with Crippen LogP contribution in [0.3, 0.4) is 0 Å². The zero-order chi connectivity index (χ0) is 8.10. The van der Waals surface area contributed by atoms with Gasteiger partial charge in [-0.3, -0.25) is 0 Å². The van der Waals surface area contributed by atoms with E-state index in [4.69, 9.17) is 11.6 Å². The minimum atomic E-state index is 0.396. The van der Waals surface area contributed by atoms with Crippen molar-refractivity contribution in [3.05, 3.63) is 0 Å². The molecule has 0 unspecified atom stereocenters. The van der Waals surface area contributed by atoms with Gasteiger partial charge in [-0.05, 0) is 25.9 Å². The fourth-order valence-corrected chi connectivity index (χ4v) is 1.28. The van der Waals surface area contributed by atoms with E-state index in [1.54, 1.807) is 0 Å². The van der Waals surface area contributed by atoms with Crippen LogP contribution in [0.4, 0.5) is 0 Å². The van der Waals surface area contributed by atoms with E-state index in [0.717, 1.165) is 25.9 Å². The van der Waals surface area contributed by atoms with Crippen LogP contribution in [0.25, 0.3) is 0 Å². The van der Waals surface area contributed by atoms with Crippen molar-refractivity contribution in [2.45, 2.75) is 12.8 Å². The molecule has 0 atom stereocenters. The number of rotatable bonds is 2. The van der Waals surface area contributed by atoms with Crippen LogP contribution in [0.5, 0.6) is 0 Å². The fraction of sp³-hybridized carbons (Fsp3) is 0.833. The smallest absolute Gasteiger partial charge is 0.124 e. The average molecular weight is 157 g/mol. The number of nitrogens with one attached hydrogen (secondary N) is 2. The largest absolute Gasteiger partial charge is 0.385 e. The van der Waals surface area contributed by atoms with Crippen LogP contribution in [0.15, 0.2) is 5.10 Å². The van der Waals surface area contributed by atoms with Gasteiger partial charge in [0.15, 0.2) is 0 Å². The molecule has 5 nitrogen and oxygen atoms in total. The van der Waals surface area contributed by atoms with Crippen LogP contribution in [0.1, 0.15) is 12.8 Å². The number of nitrogens with zero attached hydrogens (tertiary/aromatic N) is 1. The van der Waals surface area contributed by atoms with E-state index in [0.29, 0.717) is 11.8 Å². The van der Waals surface area contributed by atoms with Gasteiger partial charge in [-0.25, -0.2) is 11.4 Å². The Balaban J connectivity index is 2.38. The molecule has 1 aliphatic rings. The van der Waals surface area contributed by atoms with Gasteiger partial charge in [0.1, 0.15) is 5.84 Å². The summed E-state index contributed by atoms with van der Waals surface area (Å²) in [6, 6.07) is 0. The van der Waals surface area contributed by atoms with Crippen LogP contribution >= 0.6 is 0 Å². The van der Waals surface area contributed by atoms with Crippen LogP contribution in [-0.4, -0.2) is 18.9 Å². The molecule has 0 aromatic rings. The van der Waals surface area contributed by atoms with Crippen molar-refractivity contribution in [1.29, 1.82) is 0 Å². The van der Waals surface area contributed by atoms with Gasteiger partial charge in [-0.15, -0.1) is 0 Å². The summed E-state index contributed by atoms with van der Waals surface area (Å²) in [6.45, 7) is 2.04. The van der Waals surface area contributed by atoms with E-state index in [1.165, 1.54) is 0 Å². The lowest BCUT2D eigenvalue weighted by molar-refractivity contribution is 0.452. The predicted molar refractivity (Wildman–Crippen MR) is 44.5 cm³/mol. The quantitative estimate of drug-likeness (QED) is 0.174. The molecule has 1 rings (SSSR count). The monoisotopic (exact) mass is 157 g/mol. The first-order valence-corrected chi connectivity index (χ1v) is 3.84. The van der Waals surface area contributed by atoms with Crippen LogP contribution in [0.2, 0.25) is 0 Å². The van der Waals surface area contributed by atoms with Crippen molar-refractivity contribution in [1.82, 2.24) is 10.9 Å². The summed E-state index contributed by atoms with van der Waals surface area (Å²) in [5, 5.41) is 6.99. The number of piperidine rings is 1. The Morgan fingerprint density at radius 3 is 2.64 bits per heavy atom. The van der Waals surface area contributed by atoms with Gasteiger partial charge >= 0.3 is 0 Å². The second kappa shape index (κ2) is 4.15. The maximum Gasteiger partial charge on any atom is 0.124 e. The summed E-state index contributed by atoms with van der Waals surface area (Å²) in [5.41, 5.74) is 7.85. The molecule has 0 spiro atoms. The Hall–Kier alpha value is -0.810. The molecular weight excluding hydrogens is 142 g/mol. The van der Waals surface area contributed by atoms with Gasteiger partial charge in [0.05, 0.1) is 0 Å². The number of nitrogens with two attached hydrogens (primary N) is 2. The Morgan fingerprint density at radius 2 is 2.09 bits per heavy atom. The highest BCUT2D eigenvalue weighted by Crippen LogP contribution is 2.10. The van der Waals surface area contributed by atoms with Gasteiger partial charge in [0, 0.05) is 5.92 Å². The summed E-state index contributed by atoms with van der Waals surface area (Å²) in [4.78, 5) is 0. The molecule has 1 saturated heterocycles. The Bertz CT molecular complexity index is 138. The summed E-state index contributed by atoms with van der Waals surface area (Å²) < 4.78 is 0. The fourth-order valence-electron chi connectivity index (χ4n) is 1.28. The van der Waals surface area contributed by atoms with E-state index >= 15 is 0 Å². The van der Waals surface area contributed by atoms with Gasteiger partial charge in [0.25, 0.3) is 0 Å². The van der Waals surface area contributed by atoms with Crippen LogP contribution in [0, 0.1) is 5.92 Å². The first-order valence-electron chi connectivity index (χ1n) is 3.84. The van der Waals surface area contributed by atoms with E-state index in [2.05, 4.69) is 16.0 Å². The Labute approximate surface area is 66.2 Å². The predicted octanol–water partition coefficient (Wildman–Crippen LogP) is -1.28. The molecule has 64 valence electrons. The maximum absolute atomic E-state index is 5.64. The van der Waals surface area contributed by atoms with Crippen molar-refractivity contribution in [3.63, 3.8) is 0 Å². The van der Waals surface area contributed by atoms with E-state index in [1.807, 2.05) is 0 Å². The van der Waals surface area contributed by atoms with E-state index in [9.17, 15) is 0 Å². The molecule has 6 N–H and O–H groups in total.